The van der Waals surface area contributed by atoms with E-state index in [0.717, 1.165) is 5.56 Å². The van der Waals surface area contributed by atoms with Gasteiger partial charge in [0.15, 0.2) is 11.4 Å². The number of hydrogen-bond acceptors (Lipinski definition) is 9. The van der Waals surface area contributed by atoms with Crippen molar-refractivity contribution in [3.63, 3.8) is 0 Å². The third kappa shape index (κ3) is 4.49. The summed E-state index contributed by atoms with van der Waals surface area (Å²) in [7, 11) is 0. The number of benzene rings is 3. The summed E-state index contributed by atoms with van der Waals surface area (Å²) in [5.41, 5.74) is 4.79. The number of amides is 2. The summed E-state index contributed by atoms with van der Waals surface area (Å²) in [6.45, 7) is 1.92. The molecule has 0 saturated heterocycles. The molecule has 3 aliphatic rings. The Bertz CT molecular complexity index is 1820. The number of phenolic OH excluding ortho intramolecular Hbond substituents is 1. The van der Waals surface area contributed by atoms with Crippen LogP contribution >= 0.6 is 0 Å². The lowest BCUT2D eigenvalue weighted by Gasteiger charge is -2.45. The van der Waals surface area contributed by atoms with Crippen LogP contribution in [0.25, 0.3) is 11.1 Å². The number of carbonyl (C=O) groups is 4. The van der Waals surface area contributed by atoms with Gasteiger partial charge in [0.2, 0.25) is 5.78 Å². The van der Waals surface area contributed by atoms with Crippen molar-refractivity contribution in [1.29, 1.82) is 0 Å². The van der Waals surface area contributed by atoms with Gasteiger partial charge in [0, 0.05) is 23.6 Å². The Morgan fingerprint density at radius 3 is 2.30 bits per heavy atom. The number of phenols is 1. The van der Waals surface area contributed by atoms with Crippen molar-refractivity contribution in [2.75, 3.05) is 5.32 Å². The predicted octanol–water partition coefficient (Wildman–Crippen LogP) is 4.17. The largest absolute Gasteiger partial charge is 0.511 e. The van der Waals surface area contributed by atoms with Crippen LogP contribution in [0, 0.1) is 18.8 Å². The molecular formula is C33H28N2O9. The first-order valence-electron chi connectivity index (χ1n) is 13.9. The number of aliphatic hydroxyl groups excluding tert-OH is 2. The maximum absolute atomic E-state index is 13.8. The smallest absolute Gasteiger partial charge is 0.417 e. The van der Waals surface area contributed by atoms with Gasteiger partial charge in [0.25, 0.3) is 5.91 Å². The highest BCUT2D eigenvalue weighted by molar-refractivity contribution is 6.24. The molecule has 0 spiro atoms. The van der Waals surface area contributed by atoms with Gasteiger partial charge in [-0.15, -0.1) is 0 Å². The number of rotatable bonds is 4. The Morgan fingerprint density at radius 1 is 0.955 bits per heavy atom. The van der Waals surface area contributed by atoms with Crippen LogP contribution in [0.1, 0.15) is 34.3 Å². The Hall–Kier alpha value is -5.42. The lowest BCUT2D eigenvalue weighted by molar-refractivity contribution is -0.144. The first-order valence-corrected chi connectivity index (χ1v) is 13.9. The highest BCUT2D eigenvalue weighted by Gasteiger charge is 2.59. The molecule has 11 heteroatoms. The second kappa shape index (κ2) is 10.4. The number of Topliss-reactive ketones (excluding diaryl/α,β-unsaturated/α-hetero) is 2. The Kier molecular flexibility index (Phi) is 6.77. The van der Waals surface area contributed by atoms with E-state index in [1.54, 1.807) is 42.5 Å². The third-order valence-electron chi connectivity index (χ3n) is 8.62. The van der Waals surface area contributed by atoms with Crippen LogP contribution in [0.15, 0.2) is 83.3 Å². The molecule has 3 atom stereocenters. The van der Waals surface area contributed by atoms with Gasteiger partial charge in [-0.3, -0.25) is 19.7 Å². The molecule has 3 aromatic rings. The number of primary amides is 1. The van der Waals surface area contributed by atoms with Crippen LogP contribution in [0.4, 0.5) is 10.5 Å². The van der Waals surface area contributed by atoms with Crippen LogP contribution in [0.5, 0.6) is 11.5 Å². The molecule has 6 rings (SSSR count). The van der Waals surface area contributed by atoms with Crippen molar-refractivity contribution in [1.82, 2.24) is 0 Å². The number of allylic oxidation sites excluding steroid dienone is 2. The fraction of sp³-hybridized carbons (Fsp3) is 0.212. The molecule has 7 N–H and O–H groups in total. The van der Waals surface area contributed by atoms with Gasteiger partial charge in [0.05, 0.1) is 5.56 Å². The van der Waals surface area contributed by atoms with Gasteiger partial charge in [-0.2, -0.15) is 0 Å². The first kappa shape index (κ1) is 28.7. The fourth-order valence-corrected chi connectivity index (χ4v) is 6.48. The van der Waals surface area contributed by atoms with E-state index in [9.17, 15) is 39.6 Å². The van der Waals surface area contributed by atoms with Crippen LogP contribution in [0.3, 0.4) is 0 Å². The topological polar surface area (TPSA) is 196 Å². The molecule has 3 aliphatic carbocycles. The van der Waals surface area contributed by atoms with E-state index in [1.165, 1.54) is 6.07 Å². The summed E-state index contributed by atoms with van der Waals surface area (Å²) in [6.07, 6.45) is -0.774. The number of aromatic hydroxyl groups is 1. The Morgan fingerprint density at radius 2 is 1.64 bits per heavy atom. The van der Waals surface area contributed by atoms with Gasteiger partial charge in [0.1, 0.15) is 28.6 Å². The molecule has 11 nitrogen and oxygen atoms in total. The lowest BCUT2D eigenvalue weighted by atomic mass is 9.60. The molecule has 0 aliphatic heterocycles. The van der Waals surface area contributed by atoms with Crippen LogP contribution in [-0.2, 0) is 16.0 Å². The minimum Gasteiger partial charge on any atom is -0.511 e. The summed E-state index contributed by atoms with van der Waals surface area (Å²) < 4.78 is 5.30. The van der Waals surface area contributed by atoms with Crippen LogP contribution < -0.4 is 15.8 Å². The molecule has 44 heavy (non-hydrogen) atoms. The number of ether oxygens (including phenoxy) is 1. The number of carbonyl (C=O) groups excluding carboxylic acids is 4. The molecular weight excluding hydrogens is 568 g/mol. The average Bonchev–Trinajstić information content (AvgIpc) is 2.96. The van der Waals surface area contributed by atoms with Crippen LogP contribution in [0.2, 0.25) is 0 Å². The van der Waals surface area contributed by atoms with Crippen molar-refractivity contribution in [3.05, 3.63) is 100 Å². The fourth-order valence-electron chi connectivity index (χ4n) is 6.48. The maximum Gasteiger partial charge on any atom is 0.417 e. The highest BCUT2D eigenvalue weighted by Crippen LogP contribution is 2.52. The molecule has 0 unspecified atom stereocenters. The van der Waals surface area contributed by atoms with E-state index < -0.39 is 58.1 Å². The third-order valence-corrected chi connectivity index (χ3v) is 8.62. The maximum atomic E-state index is 13.8. The standard InChI is InChI=1S/C33H28N2O9/c1-15-2-8-20(9-3-15)44-32(42)35-19-6-4-16(5-7-19)21-10-11-23(36)26-22(21)13-17-12-18-14-24(37)27(31(34)41)30(40)33(18,43)29(39)25(17)28(26)38/h2-11,17-18,36-37,39,43H,12-14H2,1H3,(H2,34,41)(H,35,42)/t17-,18+,33+/m1/s1. The SMILES string of the molecule is Cc1ccc(OC(=O)Nc2ccc(-c3ccc(O)c4c3C[C@H]3C[C@H]5CC(O)=C(C(N)=O)C(=O)[C@@]5(O)C(O)=C3C4=O)cc2)cc1. The van der Waals surface area contributed by atoms with Crippen molar-refractivity contribution in [3.8, 4) is 22.6 Å². The zero-order valence-electron chi connectivity index (χ0n) is 23.5. The molecule has 0 heterocycles. The van der Waals surface area contributed by atoms with E-state index >= 15 is 0 Å². The highest BCUT2D eigenvalue weighted by atomic mass is 16.6. The van der Waals surface area contributed by atoms with E-state index in [2.05, 4.69) is 5.32 Å². The molecule has 224 valence electrons. The Balaban J connectivity index is 1.31. The summed E-state index contributed by atoms with van der Waals surface area (Å²) in [4.78, 5) is 51.1. The number of aliphatic hydroxyl groups is 3. The zero-order chi connectivity index (χ0) is 31.5. The zero-order valence-corrected chi connectivity index (χ0v) is 23.5. The number of fused-ring (bicyclic) bond motifs is 3. The number of aryl methyl sites for hydroxylation is 1. The molecule has 0 bridgehead atoms. The second-order valence-corrected chi connectivity index (χ2v) is 11.3. The lowest BCUT2D eigenvalue weighted by Crippen LogP contribution is -2.57. The van der Waals surface area contributed by atoms with Crippen molar-refractivity contribution >= 4 is 29.3 Å². The molecule has 0 fully saturated rings. The second-order valence-electron chi connectivity index (χ2n) is 11.3. The number of nitrogens with one attached hydrogen (secondary N) is 1. The number of hydrogen-bond donors (Lipinski definition) is 6. The van der Waals surface area contributed by atoms with Crippen molar-refractivity contribution in [2.24, 2.45) is 17.6 Å². The van der Waals surface area contributed by atoms with E-state index in [1.807, 2.05) is 19.1 Å². The number of anilines is 1. The van der Waals surface area contributed by atoms with Gasteiger partial charge >= 0.3 is 6.09 Å². The summed E-state index contributed by atoms with van der Waals surface area (Å²) in [5.74, 6) is -6.40. The van der Waals surface area contributed by atoms with Gasteiger partial charge in [-0.25, -0.2) is 4.79 Å². The minimum atomic E-state index is -2.62. The minimum absolute atomic E-state index is 0.0317. The monoisotopic (exact) mass is 596 g/mol. The normalized spacial score (nSPS) is 22.6. The van der Waals surface area contributed by atoms with E-state index in [4.69, 9.17) is 10.5 Å². The van der Waals surface area contributed by atoms with Crippen molar-refractivity contribution < 1.29 is 44.3 Å². The van der Waals surface area contributed by atoms with Gasteiger partial charge in [-0.05, 0) is 72.7 Å². The first-order chi connectivity index (χ1) is 20.9. The summed E-state index contributed by atoms with van der Waals surface area (Å²) >= 11 is 0. The summed E-state index contributed by atoms with van der Waals surface area (Å²) in [5, 5.41) is 46.3. The van der Waals surface area contributed by atoms with Crippen LogP contribution in [-0.4, -0.2) is 49.6 Å². The van der Waals surface area contributed by atoms with E-state index in [-0.39, 0.29) is 36.1 Å². The van der Waals surface area contributed by atoms with Crippen molar-refractivity contribution in [2.45, 2.75) is 31.8 Å². The average molecular weight is 597 g/mol. The van der Waals surface area contributed by atoms with Gasteiger partial charge in [-0.1, -0.05) is 35.9 Å². The molecule has 2 amide bonds. The quantitative estimate of drug-likeness (QED) is 0.240. The number of nitrogens with two attached hydrogens (primary N) is 1. The van der Waals surface area contributed by atoms with E-state index in [0.29, 0.717) is 28.1 Å². The molecule has 0 radical (unpaired) electrons. The molecule has 0 aromatic heterocycles. The Labute approximate surface area is 250 Å². The molecule has 3 aromatic carbocycles. The van der Waals surface area contributed by atoms with Gasteiger partial charge < -0.3 is 30.9 Å². The molecule has 0 saturated carbocycles. The predicted molar refractivity (Wildman–Crippen MR) is 157 cm³/mol. The number of ketones is 2. The summed E-state index contributed by atoms with van der Waals surface area (Å²) in [6, 6.07) is 16.8.